The molecule has 1 atom stereocenters. The highest BCUT2D eigenvalue weighted by atomic mass is 32.2. The van der Waals surface area contributed by atoms with E-state index in [2.05, 4.69) is 5.43 Å². The molecule has 0 saturated carbocycles. The molecule has 0 aromatic heterocycles. The molecule has 29 heavy (non-hydrogen) atoms. The Bertz CT molecular complexity index is 921. The third kappa shape index (κ3) is 5.11. The molecule has 3 rings (SSSR count). The van der Waals surface area contributed by atoms with Crippen LogP contribution in [0.15, 0.2) is 59.5 Å². The molecule has 156 valence electrons. The minimum atomic E-state index is -3.95. The van der Waals surface area contributed by atoms with Crippen molar-refractivity contribution in [2.45, 2.75) is 30.3 Å². The summed E-state index contributed by atoms with van der Waals surface area (Å²) in [5.41, 5.74) is 3.44. The molecule has 2 aromatic carbocycles. The summed E-state index contributed by atoms with van der Waals surface area (Å²) in [5.74, 6) is 0.244. The van der Waals surface area contributed by atoms with E-state index in [-0.39, 0.29) is 23.4 Å². The van der Waals surface area contributed by atoms with Gasteiger partial charge >= 0.3 is 0 Å². The molecule has 0 radical (unpaired) electrons. The minimum absolute atomic E-state index is 0.0347. The number of nitrogens with zero attached hydrogens (tertiary/aromatic N) is 2. The Morgan fingerprint density at radius 3 is 2.52 bits per heavy atom. The van der Waals surface area contributed by atoms with Crippen molar-refractivity contribution in [2.75, 3.05) is 19.9 Å². The van der Waals surface area contributed by atoms with Gasteiger partial charge in [0.15, 0.2) is 0 Å². The smallest absolute Gasteiger partial charge is 0.260 e. The fourth-order valence-corrected chi connectivity index (χ4v) is 5.26. The van der Waals surface area contributed by atoms with Crippen molar-refractivity contribution in [3.05, 3.63) is 60.2 Å². The number of hydrazine groups is 1. The van der Waals surface area contributed by atoms with Crippen LogP contribution in [0.4, 0.5) is 0 Å². The SMILES string of the molecule is COc1ccc(S(=O)(=O)N(Cc2ccccc2)NC(=O)C2CCCN2SC)cc1. The van der Waals surface area contributed by atoms with Crippen LogP contribution < -0.4 is 10.2 Å². The molecule has 1 fully saturated rings. The second kappa shape index (κ2) is 9.62. The van der Waals surface area contributed by atoms with E-state index in [9.17, 15) is 13.2 Å². The van der Waals surface area contributed by atoms with Gasteiger partial charge in [-0.3, -0.25) is 10.2 Å². The third-order valence-corrected chi connectivity index (χ3v) is 7.37. The normalized spacial score (nSPS) is 17.4. The van der Waals surface area contributed by atoms with Crippen molar-refractivity contribution in [2.24, 2.45) is 0 Å². The fourth-order valence-electron chi connectivity index (χ4n) is 3.23. The summed E-state index contributed by atoms with van der Waals surface area (Å²) in [4.78, 5) is 13.0. The number of methoxy groups -OCH3 is 1. The maximum absolute atomic E-state index is 13.3. The first-order chi connectivity index (χ1) is 14.0. The highest BCUT2D eigenvalue weighted by molar-refractivity contribution is 7.96. The van der Waals surface area contributed by atoms with Gasteiger partial charge in [0.1, 0.15) is 11.8 Å². The summed E-state index contributed by atoms with van der Waals surface area (Å²) in [6, 6.07) is 14.9. The van der Waals surface area contributed by atoms with Gasteiger partial charge in [-0.15, -0.1) is 4.41 Å². The van der Waals surface area contributed by atoms with Gasteiger partial charge < -0.3 is 4.74 Å². The third-order valence-electron chi connectivity index (χ3n) is 4.79. The predicted molar refractivity (Wildman–Crippen MR) is 114 cm³/mol. The van der Waals surface area contributed by atoms with Crippen LogP contribution in [0, 0.1) is 0 Å². The molecule has 0 bridgehead atoms. The lowest BCUT2D eigenvalue weighted by molar-refractivity contribution is -0.127. The number of amides is 1. The van der Waals surface area contributed by atoms with E-state index in [1.54, 1.807) is 12.1 Å². The van der Waals surface area contributed by atoms with Gasteiger partial charge in [0.25, 0.3) is 15.9 Å². The summed E-state index contributed by atoms with van der Waals surface area (Å²) in [5, 5.41) is 0. The van der Waals surface area contributed by atoms with E-state index < -0.39 is 10.0 Å². The van der Waals surface area contributed by atoms with Gasteiger partial charge in [0.05, 0.1) is 18.6 Å². The Hall–Kier alpha value is -2.07. The van der Waals surface area contributed by atoms with Crippen LogP contribution >= 0.6 is 11.9 Å². The molecule has 1 unspecified atom stereocenters. The van der Waals surface area contributed by atoms with Crippen LogP contribution in [-0.4, -0.2) is 49.0 Å². The second-order valence-electron chi connectivity index (χ2n) is 6.63. The number of carbonyl (C=O) groups excluding carboxylic acids is 1. The maximum Gasteiger partial charge on any atom is 0.260 e. The summed E-state index contributed by atoms with van der Waals surface area (Å²) in [6.45, 7) is 0.843. The van der Waals surface area contributed by atoms with Crippen molar-refractivity contribution in [3.8, 4) is 5.75 Å². The van der Waals surface area contributed by atoms with Gasteiger partial charge in [-0.05, 0) is 48.9 Å². The Morgan fingerprint density at radius 2 is 1.90 bits per heavy atom. The number of hydrogen-bond acceptors (Lipinski definition) is 6. The van der Waals surface area contributed by atoms with Crippen molar-refractivity contribution < 1.29 is 17.9 Å². The molecule has 0 aliphatic carbocycles. The van der Waals surface area contributed by atoms with Gasteiger partial charge in [0.2, 0.25) is 0 Å². The number of sulfonamides is 1. The minimum Gasteiger partial charge on any atom is -0.497 e. The summed E-state index contributed by atoms with van der Waals surface area (Å²) < 4.78 is 34.7. The first-order valence-electron chi connectivity index (χ1n) is 9.27. The Kier molecular flexibility index (Phi) is 7.18. The van der Waals surface area contributed by atoms with Crippen LogP contribution in [0.2, 0.25) is 0 Å². The van der Waals surface area contributed by atoms with Crippen molar-refractivity contribution >= 4 is 27.9 Å². The summed E-state index contributed by atoms with van der Waals surface area (Å²) in [6.07, 6.45) is 3.53. The molecule has 2 aromatic rings. The van der Waals surface area contributed by atoms with E-state index in [4.69, 9.17) is 4.74 Å². The number of hydrogen-bond donors (Lipinski definition) is 1. The lowest BCUT2D eigenvalue weighted by Crippen LogP contribution is -2.51. The monoisotopic (exact) mass is 435 g/mol. The van der Waals surface area contributed by atoms with Crippen LogP contribution in [0.1, 0.15) is 18.4 Å². The number of rotatable bonds is 8. The first kappa shape index (κ1) is 21.6. The van der Waals surface area contributed by atoms with E-state index >= 15 is 0 Å². The zero-order chi connectivity index (χ0) is 20.9. The highest BCUT2D eigenvalue weighted by Crippen LogP contribution is 2.25. The molecule has 9 heteroatoms. The van der Waals surface area contributed by atoms with Crippen molar-refractivity contribution in [3.63, 3.8) is 0 Å². The standard InChI is InChI=1S/C20H25N3O4S2/c1-27-17-10-12-18(13-11-17)29(25,26)23(15-16-7-4-3-5-8-16)21-20(24)19-9-6-14-22(19)28-2/h3-5,7-8,10-13,19H,6,9,14-15H2,1-2H3,(H,21,24). The Labute approximate surface area is 176 Å². The van der Waals surface area contributed by atoms with E-state index in [1.165, 1.54) is 31.2 Å². The zero-order valence-electron chi connectivity index (χ0n) is 16.4. The van der Waals surface area contributed by atoms with Crippen LogP contribution in [0.5, 0.6) is 5.75 Å². The molecule has 1 heterocycles. The van der Waals surface area contributed by atoms with Crippen LogP contribution in [0.3, 0.4) is 0 Å². The zero-order valence-corrected chi connectivity index (χ0v) is 18.1. The molecular formula is C20H25N3O4S2. The van der Waals surface area contributed by atoms with Crippen LogP contribution in [-0.2, 0) is 21.4 Å². The number of ether oxygens (including phenoxy) is 1. The molecule has 0 spiro atoms. The Balaban J connectivity index is 1.88. The average molecular weight is 436 g/mol. The molecule has 1 aliphatic rings. The van der Waals surface area contributed by atoms with E-state index in [0.717, 1.165) is 22.9 Å². The van der Waals surface area contributed by atoms with Gasteiger partial charge in [-0.2, -0.15) is 0 Å². The highest BCUT2D eigenvalue weighted by Gasteiger charge is 2.34. The van der Waals surface area contributed by atoms with Crippen molar-refractivity contribution in [1.29, 1.82) is 0 Å². The topological polar surface area (TPSA) is 79.0 Å². The predicted octanol–water partition coefficient (Wildman–Crippen LogP) is 2.66. The van der Waals surface area contributed by atoms with Crippen LogP contribution in [0.25, 0.3) is 0 Å². The van der Waals surface area contributed by atoms with Gasteiger partial charge in [-0.25, -0.2) is 12.7 Å². The molecular weight excluding hydrogens is 410 g/mol. The second-order valence-corrected chi connectivity index (χ2v) is 9.33. The average Bonchev–Trinajstić information content (AvgIpc) is 3.23. The quantitative estimate of drug-likeness (QED) is 0.507. The molecule has 1 N–H and O–H groups in total. The fraction of sp³-hybridized carbons (Fsp3) is 0.350. The molecule has 7 nitrogen and oxygen atoms in total. The molecule has 1 amide bonds. The summed E-state index contributed by atoms with van der Waals surface area (Å²) in [7, 11) is -2.43. The maximum atomic E-state index is 13.3. The lowest BCUT2D eigenvalue weighted by Gasteiger charge is -2.27. The first-order valence-corrected chi connectivity index (χ1v) is 11.9. The van der Waals surface area contributed by atoms with E-state index in [1.807, 2.05) is 40.9 Å². The largest absolute Gasteiger partial charge is 0.497 e. The summed E-state index contributed by atoms with van der Waals surface area (Å²) >= 11 is 1.50. The number of benzene rings is 2. The number of nitrogens with one attached hydrogen (secondary N) is 1. The van der Waals surface area contributed by atoms with Crippen molar-refractivity contribution in [1.82, 2.24) is 14.1 Å². The lowest BCUT2D eigenvalue weighted by atomic mass is 10.2. The van der Waals surface area contributed by atoms with Gasteiger partial charge in [0, 0.05) is 6.54 Å². The number of carbonyl (C=O) groups is 1. The van der Waals surface area contributed by atoms with Gasteiger partial charge in [-0.1, -0.05) is 42.3 Å². The molecule has 1 saturated heterocycles. The van der Waals surface area contributed by atoms with E-state index in [0.29, 0.717) is 12.2 Å². The Morgan fingerprint density at radius 1 is 1.21 bits per heavy atom. The molecule has 1 aliphatic heterocycles.